The van der Waals surface area contributed by atoms with Crippen molar-refractivity contribution in [3.63, 3.8) is 0 Å². The molecular formula is C10H12N4. The molecule has 0 spiro atoms. The van der Waals surface area contributed by atoms with E-state index in [0.29, 0.717) is 6.54 Å². The minimum absolute atomic E-state index is 0.551. The highest BCUT2D eigenvalue weighted by Gasteiger charge is 2.01. The minimum Gasteiger partial charge on any atom is -0.326 e. The lowest BCUT2D eigenvalue weighted by atomic mass is 10.2. The number of nitrogens with zero attached hydrogens (tertiary/aromatic N) is 3. The molecule has 14 heavy (non-hydrogen) atoms. The van der Waals surface area contributed by atoms with Crippen LogP contribution in [0.15, 0.2) is 30.6 Å². The van der Waals surface area contributed by atoms with E-state index in [1.807, 2.05) is 35.8 Å². The average molecular weight is 188 g/mol. The Morgan fingerprint density at radius 2 is 2.29 bits per heavy atom. The number of aryl methyl sites for hydroxylation is 1. The zero-order chi connectivity index (χ0) is 9.97. The van der Waals surface area contributed by atoms with Gasteiger partial charge in [-0.2, -0.15) is 0 Å². The lowest BCUT2D eigenvalue weighted by Crippen LogP contribution is -2.00. The zero-order valence-corrected chi connectivity index (χ0v) is 8.01. The Hall–Kier alpha value is -1.68. The molecule has 0 radical (unpaired) electrons. The van der Waals surface area contributed by atoms with Crippen molar-refractivity contribution < 1.29 is 0 Å². The maximum Gasteiger partial charge on any atom is 0.134 e. The number of rotatable bonds is 2. The molecule has 1 aromatic heterocycles. The summed E-state index contributed by atoms with van der Waals surface area (Å²) in [6.07, 6.45) is 1.70. The van der Waals surface area contributed by atoms with Crippen LogP contribution >= 0.6 is 0 Å². The van der Waals surface area contributed by atoms with Crippen molar-refractivity contribution in [1.29, 1.82) is 0 Å². The SMILES string of the molecule is Cc1nncn1-c1cccc(CN)c1. The summed E-state index contributed by atoms with van der Waals surface area (Å²) < 4.78 is 1.93. The van der Waals surface area contributed by atoms with Gasteiger partial charge in [-0.3, -0.25) is 4.57 Å². The van der Waals surface area contributed by atoms with E-state index in [2.05, 4.69) is 10.2 Å². The molecule has 0 unspecified atom stereocenters. The number of aromatic nitrogens is 3. The van der Waals surface area contributed by atoms with Crippen molar-refractivity contribution in [3.8, 4) is 5.69 Å². The van der Waals surface area contributed by atoms with Gasteiger partial charge in [-0.25, -0.2) is 0 Å². The summed E-state index contributed by atoms with van der Waals surface area (Å²) in [6.45, 7) is 2.47. The van der Waals surface area contributed by atoms with Crippen LogP contribution in [0.4, 0.5) is 0 Å². The summed E-state index contributed by atoms with van der Waals surface area (Å²) in [7, 11) is 0. The highest BCUT2D eigenvalue weighted by Crippen LogP contribution is 2.11. The Bertz CT molecular complexity index is 433. The van der Waals surface area contributed by atoms with Crippen molar-refractivity contribution in [2.45, 2.75) is 13.5 Å². The predicted octanol–water partition coefficient (Wildman–Crippen LogP) is 1.03. The largest absolute Gasteiger partial charge is 0.326 e. The summed E-state index contributed by atoms with van der Waals surface area (Å²) in [5, 5.41) is 7.77. The molecule has 4 heteroatoms. The third-order valence-electron chi connectivity index (χ3n) is 2.14. The highest BCUT2D eigenvalue weighted by atomic mass is 15.3. The van der Waals surface area contributed by atoms with Crippen LogP contribution in [0.1, 0.15) is 11.4 Å². The monoisotopic (exact) mass is 188 g/mol. The van der Waals surface area contributed by atoms with Crippen molar-refractivity contribution in [3.05, 3.63) is 42.0 Å². The first-order valence-electron chi connectivity index (χ1n) is 4.47. The lowest BCUT2D eigenvalue weighted by molar-refractivity contribution is 0.961. The standard InChI is InChI=1S/C10H12N4/c1-8-13-12-7-14(8)10-4-2-3-9(5-10)6-11/h2-5,7H,6,11H2,1H3. The Labute approximate surface area is 82.4 Å². The first-order chi connectivity index (χ1) is 6.81. The predicted molar refractivity (Wildman–Crippen MR) is 54.0 cm³/mol. The molecule has 1 heterocycles. The van der Waals surface area contributed by atoms with Crippen molar-refractivity contribution >= 4 is 0 Å². The molecule has 0 fully saturated rings. The third kappa shape index (κ3) is 1.52. The molecule has 0 aliphatic carbocycles. The minimum atomic E-state index is 0.551. The van der Waals surface area contributed by atoms with Gasteiger partial charge < -0.3 is 5.73 Å². The van der Waals surface area contributed by atoms with Crippen LogP contribution in [0, 0.1) is 6.92 Å². The quantitative estimate of drug-likeness (QED) is 0.766. The Balaban J connectivity index is 2.47. The summed E-state index contributed by atoms with van der Waals surface area (Å²) in [5.41, 5.74) is 7.73. The zero-order valence-electron chi connectivity index (χ0n) is 8.01. The van der Waals surface area contributed by atoms with E-state index >= 15 is 0 Å². The molecular weight excluding hydrogens is 176 g/mol. The van der Waals surface area contributed by atoms with E-state index < -0.39 is 0 Å². The molecule has 1 aromatic carbocycles. The maximum absolute atomic E-state index is 5.57. The third-order valence-corrected chi connectivity index (χ3v) is 2.14. The molecule has 0 aliphatic rings. The van der Waals surface area contributed by atoms with Gasteiger partial charge in [0.25, 0.3) is 0 Å². The van der Waals surface area contributed by atoms with E-state index in [-0.39, 0.29) is 0 Å². The molecule has 2 aromatic rings. The van der Waals surface area contributed by atoms with Crippen molar-refractivity contribution in [2.75, 3.05) is 0 Å². The van der Waals surface area contributed by atoms with Gasteiger partial charge in [0, 0.05) is 12.2 Å². The van der Waals surface area contributed by atoms with E-state index in [1.54, 1.807) is 6.33 Å². The fourth-order valence-corrected chi connectivity index (χ4v) is 1.38. The average Bonchev–Trinajstić information content (AvgIpc) is 2.65. The van der Waals surface area contributed by atoms with E-state index in [0.717, 1.165) is 17.1 Å². The van der Waals surface area contributed by atoms with Crippen LogP contribution < -0.4 is 5.73 Å². The summed E-state index contributed by atoms with van der Waals surface area (Å²) in [6, 6.07) is 8.03. The molecule has 72 valence electrons. The first-order valence-corrected chi connectivity index (χ1v) is 4.47. The van der Waals surface area contributed by atoms with Gasteiger partial charge in [0.2, 0.25) is 0 Å². The smallest absolute Gasteiger partial charge is 0.134 e. The van der Waals surface area contributed by atoms with E-state index in [1.165, 1.54) is 0 Å². The van der Waals surface area contributed by atoms with Gasteiger partial charge in [-0.05, 0) is 24.6 Å². The normalized spacial score (nSPS) is 10.4. The van der Waals surface area contributed by atoms with Gasteiger partial charge in [0.15, 0.2) is 0 Å². The first kappa shape index (κ1) is 8.90. The Morgan fingerprint density at radius 3 is 2.93 bits per heavy atom. The van der Waals surface area contributed by atoms with Gasteiger partial charge in [-0.15, -0.1) is 10.2 Å². The number of hydrogen-bond acceptors (Lipinski definition) is 3. The van der Waals surface area contributed by atoms with E-state index in [9.17, 15) is 0 Å². The summed E-state index contributed by atoms with van der Waals surface area (Å²) >= 11 is 0. The number of hydrogen-bond donors (Lipinski definition) is 1. The highest BCUT2D eigenvalue weighted by molar-refractivity contribution is 5.36. The fourth-order valence-electron chi connectivity index (χ4n) is 1.38. The van der Waals surface area contributed by atoms with Crippen LogP contribution in [-0.2, 0) is 6.54 Å². The molecule has 0 saturated heterocycles. The Morgan fingerprint density at radius 1 is 1.43 bits per heavy atom. The van der Waals surface area contributed by atoms with Gasteiger partial charge in [0.05, 0.1) is 0 Å². The summed E-state index contributed by atoms with van der Waals surface area (Å²) in [5.74, 6) is 0.874. The van der Waals surface area contributed by atoms with Gasteiger partial charge >= 0.3 is 0 Å². The maximum atomic E-state index is 5.57. The fraction of sp³-hybridized carbons (Fsp3) is 0.200. The molecule has 4 nitrogen and oxygen atoms in total. The summed E-state index contributed by atoms with van der Waals surface area (Å²) in [4.78, 5) is 0. The van der Waals surface area contributed by atoms with Crippen LogP contribution in [0.5, 0.6) is 0 Å². The van der Waals surface area contributed by atoms with E-state index in [4.69, 9.17) is 5.73 Å². The Kier molecular flexibility index (Phi) is 2.28. The van der Waals surface area contributed by atoms with Crippen molar-refractivity contribution in [2.24, 2.45) is 5.73 Å². The van der Waals surface area contributed by atoms with Crippen LogP contribution in [0.3, 0.4) is 0 Å². The number of nitrogens with two attached hydrogens (primary N) is 1. The lowest BCUT2D eigenvalue weighted by Gasteiger charge is -2.04. The van der Waals surface area contributed by atoms with Crippen molar-refractivity contribution in [1.82, 2.24) is 14.8 Å². The molecule has 0 atom stereocenters. The van der Waals surface area contributed by atoms with Crippen LogP contribution in [0.2, 0.25) is 0 Å². The second-order valence-corrected chi connectivity index (χ2v) is 3.12. The molecule has 2 rings (SSSR count). The second kappa shape index (κ2) is 3.59. The van der Waals surface area contributed by atoms with Crippen LogP contribution in [0.25, 0.3) is 5.69 Å². The van der Waals surface area contributed by atoms with Crippen LogP contribution in [-0.4, -0.2) is 14.8 Å². The van der Waals surface area contributed by atoms with Gasteiger partial charge in [-0.1, -0.05) is 12.1 Å². The molecule has 0 aliphatic heterocycles. The molecule has 0 saturated carbocycles. The van der Waals surface area contributed by atoms with Gasteiger partial charge in [0.1, 0.15) is 12.2 Å². The molecule has 2 N–H and O–H groups in total. The second-order valence-electron chi connectivity index (χ2n) is 3.12. The topological polar surface area (TPSA) is 56.7 Å². The molecule has 0 bridgehead atoms. The molecule has 0 amide bonds. The number of benzene rings is 1.